The summed E-state index contributed by atoms with van der Waals surface area (Å²) < 4.78 is 33.5. The van der Waals surface area contributed by atoms with Gasteiger partial charge in [-0.15, -0.1) is 0 Å². The fraction of sp³-hybridized carbons (Fsp3) is 0. The van der Waals surface area contributed by atoms with Crippen LogP contribution >= 0.6 is 22.9 Å². The van der Waals surface area contributed by atoms with E-state index in [2.05, 4.69) is 4.98 Å². The van der Waals surface area contributed by atoms with Crippen LogP contribution in [0.15, 0.2) is 34.7 Å². The highest BCUT2D eigenvalue weighted by Crippen LogP contribution is 2.29. The van der Waals surface area contributed by atoms with Crippen LogP contribution in [0.4, 0.5) is 3.89 Å². The van der Waals surface area contributed by atoms with Crippen molar-refractivity contribution in [1.29, 1.82) is 0 Å². The van der Waals surface area contributed by atoms with E-state index >= 15 is 0 Å². The first-order valence-corrected chi connectivity index (χ1v) is 6.71. The molecule has 1 aromatic heterocycles. The number of benzene rings is 1. The van der Waals surface area contributed by atoms with Gasteiger partial charge in [-0.3, -0.25) is 0 Å². The Morgan fingerprint density at radius 3 is 2.38 bits per heavy atom. The molecule has 84 valence electrons. The van der Waals surface area contributed by atoms with Gasteiger partial charge in [-0.1, -0.05) is 39.0 Å². The smallest absolute Gasteiger partial charge is 0.243 e. The van der Waals surface area contributed by atoms with Gasteiger partial charge in [-0.2, -0.15) is 8.42 Å². The van der Waals surface area contributed by atoms with E-state index in [0.29, 0.717) is 15.6 Å². The molecule has 2 rings (SSSR count). The Kier molecular flexibility index (Phi) is 2.96. The van der Waals surface area contributed by atoms with Gasteiger partial charge in [-0.25, -0.2) is 4.98 Å². The summed E-state index contributed by atoms with van der Waals surface area (Å²) in [7, 11) is -4.67. The van der Waals surface area contributed by atoms with Gasteiger partial charge in [0.2, 0.25) is 0 Å². The zero-order valence-corrected chi connectivity index (χ0v) is 10.1. The molecule has 2 aromatic rings. The predicted octanol–water partition coefficient (Wildman–Crippen LogP) is 3.12. The molecule has 16 heavy (non-hydrogen) atoms. The van der Waals surface area contributed by atoms with Gasteiger partial charge in [-0.05, 0) is 12.1 Å². The van der Waals surface area contributed by atoms with E-state index in [1.807, 2.05) is 0 Å². The van der Waals surface area contributed by atoms with E-state index < -0.39 is 14.4 Å². The highest BCUT2D eigenvalue weighted by Gasteiger charge is 2.16. The number of nitrogens with zero attached hydrogens (tertiary/aromatic N) is 1. The molecule has 0 aliphatic carbocycles. The summed E-state index contributed by atoms with van der Waals surface area (Å²) in [5.41, 5.74) is 0.698. The van der Waals surface area contributed by atoms with Gasteiger partial charge in [0.1, 0.15) is 5.01 Å². The summed E-state index contributed by atoms with van der Waals surface area (Å²) in [6.45, 7) is 0. The minimum absolute atomic E-state index is 0.391. The maximum atomic E-state index is 12.6. The van der Waals surface area contributed by atoms with Crippen molar-refractivity contribution in [2.45, 2.75) is 4.21 Å². The SMILES string of the molecule is O=S(=O)(F)c1cnc(-c2ccc(Cl)cc2)s1. The summed E-state index contributed by atoms with van der Waals surface area (Å²) in [5.74, 6) is 0. The zero-order chi connectivity index (χ0) is 11.8. The molecule has 1 heterocycles. The number of hydrogen-bond acceptors (Lipinski definition) is 4. The molecule has 0 N–H and O–H groups in total. The second-order valence-electron chi connectivity index (χ2n) is 2.93. The standard InChI is InChI=1S/C9H5ClFNO2S2/c10-7-3-1-6(2-4-7)9-12-5-8(15-9)16(11,13)14/h1-5H. The van der Waals surface area contributed by atoms with Crippen molar-refractivity contribution in [1.82, 2.24) is 4.98 Å². The summed E-state index contributed by atoms with van der Waals surface area (Å²) in [6.07, 6.45) is 1.00. The monoisotopic (exact) mass is 277 g/mol. The van der Waals surface area contributed by atoms with Gasteiger partial charge in [0.15, 0.2) is 4.21 Å². The topological polar surface area (TPSA) is 47.0 Å². The first-order chi connectivity index (χ1) is 7.47. The second kappa shape index (κ2) is 4.12. The van der Waals surface area contributed by atoms with E-state index in [-0.39, 0.29) is 0 Å². The van der Waals surface area contributed by atoms with E-state index in [1.54, 1.807) is 24.3 Å². The van der Waals surface area contributed by atoms with Crippen molar-refractivity contribution in [2.75, 3.05) is 0 Å². The van der Waals surface area contributed by atoms with Crippen LogP contribution in [0, 0.1) is 0 Å². The number of halogens is 2. The lowest BCUT2D eigenvalue weighted by atomic mass is 10.2. The molecule has 0 unspecified atom stereocenters. The van der Waals surface area contributed by atoms with Crippen LogP contribution in [0.1, 0.15) is 0 Å². The van der Waals surface area contributed by atoms with Crippen molar-refractivity contribution >= 4 is 33.2 Å². The zero-order valence-electron chi connectivity index (χ0n) is 7.72. The highest BCUT2D eigenvalue weighted by molar-refractivity contribution is 7.88. The van der Waals surface area contributed by atoms with Gasteiger partial charge >= 0.3 is 10.2 Å². The molecular formula is C9H5ClFNO2S2. The molecule has 0 saturated heterocycles. The van der Waals surface area contributed by atoms with Crippen molar-refractivity contribution < 1.29 is 12.3 Å². The van der Waals surface area contributed by atoms with Crippen molar-refractivity contribution in [3.63, 3.8) is 0 Å². The molecule has 1 aromatic carbocycles. The molecule has 0 bridgehead atoms. The van der Waals surface area contributed by atoms with Crippen LogP contribution in [0.25, 0.3) is 10.6 Å². The molecule has 0 atom stereocenters. The number of thiazole rings is 1. The average Bonchev–Trinajstić information content (AvgIpc) is 2.67. The first-order valence-electron chi connectivity index (χ1n) is 4.13. The lowest BCUT2D eigenvalue weighted by molar-refractivity contribution is 0.554. The van der Waals surface area contributed by atoms with E-state index in [9.17, 15) is 12.3 Å². The first kappa shape index (κ1) is 11.5. The van der Waals surface area contributed by atoms with Crippen molar-refractivity contribution in [2.24, 2.45) is 0 Å². The van der Waals surface area contributed by atoms with Crippen LogP contribution < -0.4 is 0 Å². The number of hydrogen-bond donors (Lipinski definition) is 0. The maximum Gasteiger partial charge on any atom is 0.343 e. The fourth-order valence-corrected chi connectivity index (χ4v) is 2.69. The summed E-state index contributed by atoms with van der Waals surface area (Å²) in [5, 5.41) is 1.01. The van der Waals surface area contributed by atoms with Crippen molar-refractivity contribution in [3.8, 4) is 10.6 Å². The van der Waals surface area contributed by atoms with E-state index in [1.165, 1.54) is 0 Å². The lowest BCUT2D eigenvalue weighted by Gasteiger charge is -1.94. The Labute approximate surface area is 101 Å². The maximum absolute atomic E-state index is 12.6. The summed E-state index contributed by atoms with van der Waals surface area (Å²) in [4.78, 5) is 3.84. The molecule has 0 fully saturated rings. The van der Waals surface area contributed by atoms with E-state index in [4.69, 9.17) is 11.6 Å². The molecule has 0 spiro atoms. The van der Waals surface area contributed by atoms with Crippen LogP contribution in [0.3, 0.4) is 0 Å². The molecular weight excluding hydrogens is 273 g/mol. The molecule has 7 heteroatoms. The number of aromatic nitrogens is 1. The Morgan fingerprint density at radius 1 is 1.25 bits per heavy atom. The molecule has 0 amide bonds. The number of rotatable bonds is 2. The van der Waals surface area contributed by atoms with Gasteiger partial charge in [0.05, 0.1) is 6.20 Å². The van der Waals surface area contributed by atoms with Crippen LogP contribution in [-0.2, 0) is 10.2 Å². The lowest BCUT2D eigenvalue weighted by Crippen LogP contribution is -1.85. The average molecular weight is 278 g/mol. The second-order valence-corrected chi connectivity index (χ2v) is 5.97. The third-order valence-electron chi connectivity index (χ3n) is 1.82. The Morgan fingerprint density at radius 2 is 1.88 bits per heavy atom. The van der Waals surface area contributed by atoms with Crippen LogP contribution in [0.2, 0.25) is 5.02 Å². The summed E-state index contributed by atoms with van der Waals surface area (Å²) >= 11 is 6.49. The quantitative estimate of drug-likeness (QED) is 0.793. The Balaban J connectivity index is 2.43. The van der Waals surface area contributed by atoms with Crippen molar-refractivity contribution in [3.05, 3.63) is 35.5 Å². The third-order valence-corrected chi connectivity index (χ3v) is 4.34. The van der Waals surface area contributed by atoms with Gasteiger partial charge in [0.25, 0.3) is 0 Å². The van der Waals surface area contributed by atoms with Crippen LogP contribution in [0.5, 0.6) is 0 Å². The Bertz CT molecular complexity index is 607. The molecule has 3 nitrogen and oxygen atoms in total. The largest absolute Gasteiger partial charge is 0.343 e. The van der Waals surface area contributed by atoms with Gasteiger partial charge in [0, 0.05) is 10.6 Å². The highest BCUT2D eigenvalue weighted by atomic mass is 35.5. The molecule has 0 saturated carbocycles. The Hall–Kier alpha value is -0.980. The molecule has 0 aliphatic heterocycles. The third kappa shape index (κ3) is 2.40. The molecule has 0 radical (unpaired) electrons. The minimum atomic E-state index is -4.67. The minimum Gasteiger partial charge on any atom is -0.243 e. The summed E-state index contributed by atoms with van der Waals surface area (Å²) in [6, 6.07) is 6.69. The normalized spacial score (nSPS) is 11.6. The fourth-order valence-electron chi connectivity index (χ4n) is 1.10. The van der Waals surface area contributed by atoms with Gasteiger partial charge < -0.3 is 0 Å². The van der Waals surface area contributed by atoms with E-state index in [0.717, 1.165) is 17.5 Å². The molecule has 0 aliphatic rings. The van der Waals surface area contributed by atoms with Crippen LogP contribution in [-0.4, -0.2) is 13.4 Å². The predicted molar refractivity (Wildman–Crippen MR) is 60.9 cm³/mol.